The van der Waals surface area contributed by atoms with Gasteiger partial charge in [0.2, 0.25) is 5.91 Å². The van der Waals surface area contributed by atoms with Crippen molar-refractivity contribution in [2.75, 3.05) is 24.8 Å². The molecule has 34 heavy (non-hydrogen) atoms. The number of aromatic nitrogens is 3. The van der Waals surface area contributed by atoms with Gasteiger partial charge in [0.1, 0.15) is 16.8 Å². The van der Waals surface area contributed by atoms with Crippen LogP contribution in [0.5, 0.6) is 5.75 Å². The number of nitrogens with one attached hydrogen (secondary N) is 1. The standard InChI is InChI=1S/C24H25N5O3S2/c1-31-16-9-7-15(8-10-16)22-27-28-24(29(22)13-17-4-3-11-32-17)33-14-21(30)26-23-19(12-25)18-5-2-6-20(18)34-23/h7-10,17H,2-6,11,13-14H2,1H3,(H,26,30)/t17-/m0/s1. The lowest BCUT2D eigenvalue weighted by Gasteiger charge is -2.15. The van der Waals surface area contributed by atoms with E-state index in [1.54, 1.807) is 7.11 Å². The Balaban J connectivity index is 1.32. The number of nitriles is 1. The van der Waals surface area contributed by atoms with Gasteiger partial charge in [-0.2, -0.15) is 5.26 Å². The second-order valence-electron chi connectivity index (χ2n) is 8.29. The molecule has 8 nitrogen and oxygen atoms in total. The summed E-state index contributed by atoms with van der Waals surface area (Å²) in [4.78, 5) is 14.0. The topological polar surface area (TPSA) is 102 Å². The minimum absolute atomic E-state index is 0.105. The normalized spacial score (nSPS) is 16.9. The summed E-state index contributed by atoms with van der Waals surface area (Å²) < 4.78 is 13.2. The third kappa shape index (κ3) is 4.69. The molecule has 0 radical (unpaired) electrons. The number of ether oxygens (including phenoxy) is 2. The van der Waals surface area contributed by atoms with Crippen molar-refractivity contribution in [3.8, 4) is 23.2 Å². The first-order chi connectivity index (χ1) is 16.7. The number of fused-ring (bicyclic) bond motifs is 1. The Morgan fingerprint density at radius 1 is 1.32 bits per heavy atom. The van der Waals surface area contributed by atoms with Crippen molar-refractivity contribution in [1.29, 1.82) is 5.26 Å². The summed E-state index contributed by atoms with van der Waals surface area (Å²) in [5, 5.41) is 22.7. The first-order valence-electron chi connectivity index (χ1n) is 11.3. The lowest BCUT2D eigenvalue weighted by atomic mass is 10.1. The Morgan fingerprint density at radius 3 is 2.91 bits per heavy atom. The first kappa shape index (κ1) is 22.9. The van der Waals surface area contributed by atoms with E-state index in [0.29, 0.717) is 22.3 Å². The predicted octanol–water partition coefficient (Wildman–Crippen LogP) is 4.29. The number of methoxy groups -OCH3 is 1. The summed E-state index contributed by atoms with van der Waals surface area (Å²) in [7, 11) is 1.64. The number of anilines is 1. The van der Waals surface area contributed by atoms with Gasteiger partial charge in [0.25, 0.3) is 0 Å². The zero-order valence-corrected chi connectivity index (χ0v) is 20.5. The van der Waals surface area contributed by atoms with Crippen LogP contribution in [0.1, 0.15) is 35.3 Å². The third-order valence-electron chi connectivity index (χ3n) is 6.09. The highest BCUT2D eigenvalue weighted by atomic mass is 32.2. The van der Waals surface area contributed by atoms with Crippen molar-refractivity contribution in [1.82, 2.24) is 14.8 Å². The monoisotopic (exact) mass is 495 g/mol. The van der Waals surface area contributed by atoms with Crippen LogP contribution in [0.4, 0.5) is 5.00 Å². The maximum absolute atomic E-state index is 12.8. The molecule has 1 aliphatic heterocycles. The van der Waals surface area contributed by atoms with Gasteiger partial charge in [-0.1, -0.05) is 11.8 Å². The zero-order chi connectivity index (χ0) is 23.5. The van der Waals surface area contributed by atoms with Gasteiger partial charge < -0.3 is 14.8 Å². The molecule has 1 saturated heterocycles. The number of carbonyl (C=O) groups excluding carboxylic acids is 1. The highest BCUT2D eigenvalue weighted by molar-refractivity contribution is 7.99. The van der Waals surface area contributed by atoms with Crippen molar-refractivity contribution in [3.63, 3.8) is 0 Å². The molecule has 3 heterocycles. The molecule has 0 saturated carbocycles. The molecule has 1 atom stereocenters. The molecule has 1 aromatic carbocycles. The number of benzene rings is 1. The van der Waals surface area contributed by atoms with Gasteiger partial charge in [0.05, 0.1) is 31.1 Å². The predicted molar refractivity (Wildman–Crippen MR) is 131 cm³/mol. The zero-order valence-electron chi connectivity index (χ0n) is 18.9. The van der Waals surface area contributed by atoms with Gasteiger partial charge in [0.15, 0.2) is 11.0 Å². The Kier molecular flexibility index (Phi) is 6.85. The van der Waals surface area contributed by atoms with Crippen molar-refractivity contribution in [2.24, 2.45) is 0 Å². The van der Waals surface area contributed by atoms with Gasteiger partial charge in [-0.25, -0.2) is 0 Å². The highest BCUT2D eigenvalue weighted by Gasteiger charge is 2.25. The van der Waals surface area contributed by atoms with E-state index >= 15 is 0 Å². The molecular weight excluding hydrogens is 470 g/mol. The number of amides is 1. The van der Waals surface area contributed by atoms with Gasteiger partial charge in [-0.3, -0.25) is 9.36 Å². The van der Waals surface area contributed by atoms with E-state index in [0.717, 1.165) is 61.4 Å². The molecule has 3 aromatic rings. The van der Waals surface area contributed by atoms with E-state index in [1.165, 1.54) is 28.0 Å². The number of nitrogens with zero attached hydrogens (tertiary/aromatic N) is 4. The smallest absolute Gasteiger partial charge is 0.235 e. The summed E-state index contributed by atoms with van der Waals surface area (Å²) in [6, 6.07) is 9.97. The SMILES string of the molecule is COc1ccc(-c2nnc(SCC(=O)Nc3sc4c(c3C#N)CCC4)n2C[C@@H]2CCCO2)cc1. The summed E-state index contributed by atoms with van der Waals surface area (Å²) in [6.07, 6.45) is 5.12. The average Bonchev–Trinajstić information content (AvgIpc) is 3.64. The molecule has 1 amide bonds. The maximum Gasteiger partial charge on any atom is 0.235 e. The van der Waals surface area contributed by atoms with Crippen LogP contribution < -0.4 is 10.1 Å². The fourth-order valence-corrected chi connectivity index (χ4v) is 6.41. The van der Waals surface area contributed by atoms with Crippen molar-refractivity contribution >= 4 is 34.0 Å². The largest absolute Gasteiger partial charge is 0.497 e. The van der Waals surface area contributed by atoms with Crippen molar-refractivity contribution < 1.29 is 14.3 Å². The number of aryl methyl sites for hydroxylation is 1. The third-order valence-corrected chi connectivity index (χ3v) is 8.27. The minimum atomic E-state index is -0.154. The Hall–Kier alpha value is -2.87. The molecule has 2 aromatic heterocycles. The molecule has 0 unspecified atom stereocenters. The fraction of sp³-hybridized carbons (Fsp3) is 0.417. The highest BCUT2D eigenvalue weighted by Crippen LogP contribution is 2.38. The summed E-state index contributed by atoms with van der Waals surface area (Å²) >= 11 is 2.87. The number of thiophene rings is 1. The van der Waals surface area contributed by atoms with Crippen molar-refractivity contribution in [3.05, 3.63) is 40.3 Å². The summed E-state index contributed by atoms with van der Waals surface area (Å²) in [6.45, 7) is 1.40. The lowest BCUT2D eigenvalue weighted by Crippen LogP contribution is -2.18. The van der Waals surface area contributed by atoms with Crippen LogP contribution in [0, 0.1) is 11.3 Å². The molecule has 1 N–H and O–H groups in total. The van der Waals surface area contributed by atoms with Crippen LogP contribution >= 0.6 is 23.1 Å². The van der Waals surface area contributed by atoms with Crippen molar-refractivity contribution in [2.45, 2.75) is 49.9 Å². The molecule has 1 aliphatic carbocycles. The minimum Gasteiger partial charge on any atom is -0.497 e. The first-order valence-corrected chi connectivity index (χ1v) is 13.1. The molecule has 10 heteroatoms. The van der Waals surface area contributed by atoms with Gasteiger partial charge in [0, 0.05) is 17.0 Å². The van der Waals surface area contributed by atoms with E-state index in [2.05, 4.69) is 21.6 Å². The molecule has 2 aliphatic rings. The van der Waals surface area contributed by atoms with E-state index in [9.17, 15) is 10.1 Å². The van der Waals surface area contributed by atoms with Gasteiger partial charge in [-0.15, -0.1) is 21.5 Å². The maximum atomic E-state index is 12.8. The van der Waals surface area contributed by atoms with Gasteiger partial charge >= 0.3 is 0 Å². The number of carbonyl (C=O) groups is 1. The number of thioether (sulfide) groups is 1. The Morgan fingerprint density at radius 2 is 2.18 bits per heavy atom. The average molecular weight is 496 g/mol. The van der Waals surface area contributed by atoms with Crippen LogP contribution in [-0.2, 0) is 28.9 Å². The molecule has 5 rings (SSSR count). The Labute approximate surface area is 206 Å². The lowest BCUT2D eigenvalue weighted by molar-refractivity contribution is -0.113. The fourth-order valence-electron chi connectivity index (χ4n) is 4.41. The van der Waals surface area contributed by atoms with Gasteiger partial charge in [-0.05, 0) is 61.9 Å². The van der Waals surface area contributed by atoms with E-state index < -0.39 is 0 Å². The second kappa shape index (κ2) is 10.2. The number of rotatable bonds is 8. The quantitative estimate of drug-likeness (QED) is 0.465. The van der Waals surface area contributed by atoms with Crippen LogP contribution in [0.2, 0.25) is 0 Å². The number of hydrogen-bond donors (Lipinski definition) is 1. The van der Waals surface area contributed by atoms with E-state index in [1.807, 2.05) is 28.8 Å². The van der Waals surface area contributed by atoms with Crippen LogP contribution in [0.25, 0.3) is 11.4 Å². The van der Waals surface area contributed by atoms with E-state index in [4.69, 9.17) is 9.47 Å². The molecule has 176 valence electrons. The molecule has 0 spiro atoms. The second-order valence-corrected chi connectivity index (χ2v) is 10.3. The molecule has 1 fully saturated rings. The van der Waals surface area contributed by atoms with Crippen LogP contribution in [0.3, 0.4) is 0 Å². The summed E-state index contributed by atoms with van der Waals surface area (Å²) in [5.41, 5.74) is 2.66. The van der Waals surface area contributed by atoms with Crippen LogP contribution in [-0.4, -0.2) is 46.2 Å². The van der Waals surface area contributed by atoms with E-state index in [-0.39, 0.29) is 17.8 Å². The molecular formula is C24H25N5O3S2. The molecule has 0 bridgehead atoms. The van der Waals surface area contributed by atoms with Crippen LogP contribution in [0.15, 0.2) is 29.4 Å². The summed E-state index contributed by atoms with van der Waals surface area (Å²) in [5.74, 6) is 1.54. The number of hydrogen-bond acceptors (Lipinski definition) is 8. The Bertz CT molecular complexity index is 1220.